The van der Waals surface area contributed by atoms with Crippen molar-refractivity contribution in [2.24, 2.45) is 5.92 Å². The maximum Gasteiger partial charge on any atom is 0.268 e. The number of nitrogen functional groups attached to an aromatic ring is 1. The number of ether oxygens (including phenoxy) is 1. The molecular weight excluding hydrogens is 228 g/mol. The molecule has 0 radical (unpaired) electrons. The Morgan fingerprint density at radius 3 is 2.56 bits per heavy atom. The topological polar surface area (TPSA) is 55.6 Å². The molecule has 0 aliphatic carbocycles. The van der Waals surface area contributed by atoms with Crippen LogP contribution in [0, 0.1) is 19.8 Å². The summed E-state index contributed by atoms with van der Waals surface area (Å²) in [7, 11) is 1.78. The third-order valence-corrected chi connectivity index (χ3v) is 3.53. The number of hydrogen-bond acceptors (Lipinski definition) is 3. The van der Waals surface area contributed by atoms with Crippen LogP contribution in [0.2, 0.25) is 0 Å². The Morgan fingerprint density at radius 2 is 2.00 bits per heavy atom. The van der Waals surface area contributed by atoms with Crippen molar-refractivity contribution in [3.8, 4) is 5.75 Å². The van der Waals surface area contributed by atoms with Gasteiger partial charge >= 0.3 is 0 Å². The second-order valence-corrected chi connectivity index (χ2v) is 5.26. The Kier molecular flexibility index (Phi) is 2.97. The Bertz CT molecular complexity index is 509. The predicted octanol–water partition coefficient (Wildman–Crippen LogP) is 2.27. The minimum absolute atomic E-state index is 0.0103. The van der Waals surface area contributed by atoms with Crippen LogP contribution in [0.4, 0.5) is 11.4 Å². The van der Waals surface area contributed by atoms with E-state index in [1.807, 2.05) is 33.8 Å². The highest BCUT2D eigenvalue weighted by Gasteiger charge is 2.35. The summed E-state index contributed by atoms with van der Waals surface area (Å²) in [5.41, 5.74) is 9.42. The van der Waals surface area contributed by atoms with E-state index in [1.165, 1.54) is 0 Å². The molecule has 0 saturated heterocycles. The molecule has 4 heteroatoms. The van der Waals surface area contributed by atoms with Crippen LogP contribution < -0.4 is 15.4 Å². The molecule has 1 unspecified atom stereocenters. The highest BCUT2D eigenvalue weighted by molar-refractivity contribution is 6.01. The first-order chi connectivity index (χ1) is 8.34. The number of nitrogens with two attached hydrogens (primary N) is 1. The largest absolute Gasteiger partial charge is 0.478 e. The van der Waals surface area contributed by atoms with Gasteiger partial charge in [-0.15, -0.1) is 0 Å². The molecule has 0 aromatic heterocycles. The summed E-state index contributed by atoms with van der Waals surface area (Å²) >= 11 is 0. The summed E-state index contributed by atoms with van der Waals surface area (Å²) in [4.78, 5) is 13.9. The molecule has 0 saturated carbocycles. The molecule has 98 valence electrons. The molecule has 1 aromatic carbocycles. The maximum atomic E-state index is 12.2. The summed E-state index contributed by atoms with van der Waals surface area (Å²) < 4.78 is 5.85. The number of benzene rings is 1. The number of fused-ring (bicyclic) bond motifs is 1. The zero-order chi connectivity index (χ0) is 13.6. The van der Waals surface area contributed by atoms with Crippen LogP contribution in [0.1, 0.15) is 25.0 Å². The minimum atomic E-state index is -0.412. The molecule has 2 rings (SSSR count). The van der Waals surface area contributed by atoms with Gasteiger partial charge in [0.15, 0.2) is 6.10 Å². The van der Waals surface area contributed by atoms with E-state index in [0.717, 1.165) is 28.3 Å². The highest BCUT2D eigenvalue weighted by atomic mass is 16.5. The van der Waals surface area contributed by atoms with Crippen LogP contribution in [0.25, 0.3) is 0 Å². The average molecular weight is 248 g/mol. The first kappa shape index (κ1) is 12.7. The number of aryl methyl sites for hydroxylation is 1. The Labute approximate surface area is 108 Å². The number of nitrogens with zero attached hydrogens (tertiary/aromatic N) is 1. The van der Waals surface area contributed by atoms with Crippen LogP contribution in [0.3, 0.4) is 0 Å². The van der Waals surface area contributed by atoms with Crippen molar-refractivity contribution in [1.82, 2.24) is 0 Å². The van der Waals surface area contributed by atoms with E-state index in [4.69, 9.17) is 10.5 Å². The number of hydrogen-bond donors (Lipinski definition) is 1. The Hall–Kier alpha value is -1.71. The molecule has 0 bridgehead atoms. The molecular formula is C14H20N2O2. The lowest BCUT2D eigenvalue weighted by atomic mass is 10.00. The minimum Gasteiger partial charge on any atom is -0.478 e. The first-order valence-electron chi connectivity index (χ1n) is 6.18. The van der Waals surface area contributed by atoms with Gasteiger partial charge in [-0.3, -0.25) is 4.79 Å². The SMILES string of the molecule is Cc1cc2c(c(C)c1N)N(C)C(=O)C(C(C)C)O2. The monoisotopic (exact) mass is 248 g/mol. The molecule has 1 amide bonds. The predicted molar refractivity (Wildman–Crippen MR) is 73.0 cm³/mol. The smallest absolute Gasteiger partial charge is 0.268 e. The number of anilines is 2. The molecule has 2 N–H and O–H groups in total. The zero-order valence-electron chi connectivity index (χ0n) is 11.6. The number of likely N-dealkylation sites (N-methyl/N-ethyl adjacent to an activating group) is 1. The van der Waals surface area contributed by atoms with Crippen LogP contribution in [-0.2, 0) is 4.79 Å². The van der Waals surface area contributed by atoms with Crippen molar-refractivity contribution >= 4 is 17.3 Å². The summed E-state index contributed by atoms with van der Waals surface area (Å²) in [6.07, 6.45) is -0.412. The van der Waals surface area contributed by atoms with Gasteiger partial charge in [0.1, 0.15) is 5.75 Å². The van der Waals surface area contributed by atoms with Gasteiger partial charge in [-0.2, -0.15) is 0 Å². The van der Waals surface area contributed by atoms with Gasteiger partial charge in [-0.25, -0.2) is 0 Å². The fraction of sp³-hybridized carbons (Fsp3) is 0.500. The lowest BCUT2D eigenvalue weighted by molar-refractivity contribution is -0.127. The van der Waals surface area contributed by atoms with Crippen LogP contribution >= 0.6 is 0 Å². The maximum absolute atomic E-state index is 12.2. The van der Waals surface area contributed by atoms with Crippen molar-refractivity contribution in [2.75, 3.05) is 17.7 Å². The van der Waals surface area contributed by atoms with Gasteiger partial charge in [0, 0.05) is 12.7 Å². The van der Waals surface area contributed by atoms with Gasteiger partial charge in [0.2, 0.25) is 0 Å². The van der Waals surface area contributed by atoms with E-state index >= 15 is 0 Å². The summed E-state index contributed by atoms with van der Waals surface area (Å²) in [5.74, 6) is 0.884. The van der Waals surface area contributed by atoms with E-state index in [2.05, 4.69) is 0 Å². The fourth-order valence-corrected chi connectivity index (χ4v) is 2.37. The van der Waals surface area contributed by atoms with Crippen molar-refractivity contribution in [2.45, 2.75) is 33.8 Å². The van der Waals surface area contributed by atoms with Gasteiger partial charge in [0.25, 0.3) is 5.91 Å². The zero-order valence-corrected chi connectivity index (χ0v) is 11.6. The van der Waals surface area contributed by atoms with Gasteiger partial charge in [0.05, 0.1) is 5.69 Å². The van der Waals surface area contributed by atoms with Crippen molar-refractivity contribution < 1.29 is 9.53 Å². The fourth-order valence-electron chi connectivity index (χ4n) is 2.37. The van der Waals surface area contributed by atoms with Crippen molar-refractivity contribution in [3.63, 3.8) is 0 Å². The summed E-state index contributed by atoms with van der Waals surface area (Å²) in [5, 5.41) is 0. The highest BCUT2D eigenvalue weighted by Crippen LogP contribution is 2.41. The van der Waals surface area contributed by atoms with Crippen molar-refractivity contribution in [3.05, 3.63) is 17.2 Å². The second-order valence-electron chi connectivity index (χ2n) is 5.26. The lowest BCUT2D eigenvalue weighted by Gasteiger charge is -2.35. The van der Waals surface area contributed by atoms with Gasteiger partial charge in [-0.1, -0.05) is 13.8 Å². The second kappa shape index (κ2) is 4.19. The standard InChI is InChI=1S/C14H20N2O2/c1-7(2)13-14(17)16(5)12-9(4)11(15)8(3)6-10(12)18-13/h6-7,13H,15H2,1-5H3. The lowest BCUT2D eigenvalue weighted by Crippen LogP contribution is -2.46. The summed E-state index contributed by atoms with van der Waals surface area (Å²) in [6.45, 7) is 7.84. The average Bonchev–Trinajstić information content (AvgIpc) is 2.30. The first-order valence-corrected chi connectivity index (χ1v) is 6.18. The molecule has 1 atom stereocenters. The molecule has 18 heavy (non-hydrogen) atoms. The Morgan fingerprint density at radius 1 is 1.39 bits per heavy atom. The van der Waals surface area contributed by atoms with Crippen LogP contribution in [-0.4, -0.2) is 19.1 Å². The molecule has 1 heterocycles. The third-order valence-electron chi connectivity index (χ3n) is 3.53. The molecule has 4 nitrogen and oxygen atoms in total. The van der Waals surface area contributed by atoms with Crippen LogP contribution in [0.15, 0.2) is 6.07 Å². The van der Waals surface area contributed by atoms with E-state index < -0.39 is 6.10 Å². The molecule has 1 aliphatic heterocycles. The van der Waals surface area contributed by atoms with Crippen molar-refractivity contribution in [1.29, 1.82) is 0 Å². The number of carbonyl (C=O) groups is 1. The molecule has 0 spiro atoms. The quantitative estimate of drug-likeness (QED) is 0.776. The summed E-state index contributed by atoms with van der Waals surface area (Å²) in [6, 6.07) is 1.91. The van der Waals surface area contributed by atoms with E-state index in [0.29, 0.717) is 0 Å². The van der Waals surface area contributed by atoms with E-state index in [1.54, 1.807) is 11.9 Å². The van der Waals surface area contributed by atoms with Gasteiger partial charge < -0.3 is 15.4 Å². The number of rotatable bonds is 1. The normalized spacial score (nSPS) is 18.9. The number of amides is 1. The van der Waals surface area contributed by atoms with E-state index in [-0.39, 0.29) is 11.8 Å². The third kappa shape index (κ3) is 1.72. The Balaban J connectivity index is 2.59. The van der Waals surface area contributed by atoms with E-state index in [9.17, 15) is 4.79 Å². The van der Waals surface area contributed by atoms with Gasteiger partial charge in [-0.05, 0) is 37.0 Å². The number of carbonyl (C=O) groups excluding carboxylic acids is 1. The molecule has 1 aromatic rings. The van der Waals surface area contributed by atoms with Crippen LogP contribution in [0.5, 0.6) is 5.75 Å². The molecule has 1 aliphatic rings. The molecule has 0 fully saturated rings.